The normalized spacial score (nSPS) is 12.0. The van der Waals surface area contributed by atoms with Crippen LogP contribution in [0.15, 0.2) is 5.38 Å². The number of aromatic nitrogens is 1. The standard InChI is InChI=1S/C15H23N3O4S/c1-4-5-6-11(14(21)22)17-12(19)7-10-8-23-15(16-10)18-13(20)9(2)3/h8-9,11H,4-7H2,1-3H3,(H,17,19)(H,21,22)(H,16,18,20)/t11-/m0/s1. The van der Waals surface area contributed by atoms with Gasteiger partial charge in [-0.25, -0.2) is 9.78 Å². The maximum absolute atomic E-state index is 11.9. The fourth-order valence-electron chi connectivity index (χ4n) is 1.77. The molecule has 0 saturated heterocycles. The van der Waals surface area contributed by atoms with Gasteiger partial charge in [-0.2, -0.15) is 0 Å². The second-order valence-electron chi connectivity index (χ2n) is 5.57. The number of unbranched alkanes of at least 4 members (excludes halogenated alkanes) is 1. The molecular formula is C15H23N3O4S. The first-order valence-electron chi connectivity index (χ1n) is 7.60. The minimum atomic E-state index is -1.03. The lowest BCUT2D eigenvalue weighted by atomic mass is 10.1. The summed E-state index contributed by atoms with van der Waals surface area (Å²) < 4.78 is 0. The number of hydrogen-bond acceptors (Lipinski definition) is 5. The first-order valence-corrected chi connectivity index (χ1v) is 8.48. The van der Waals surface area contributed by atoms with E-state index < -0.39 is 12.0 Å². The van der Waals surface area contributed by atoms with E-state index in [9.17, 15) is 14.4 Å². The average molecular weight is 341 g/mol. The van der Waals surface area contributed by atoms with Gasteiger partial charge in [-0.1, -0.05) is 33.6 Å². The highest BCUT2D eigenvalue weighted by Crippen LogP contribution is 2.16. The highest BCUT2D eigenvalue weighted by atomic mass is 32.1. The van der Waals surface area contributed by atoms with Crippen molar-refractivity contribution in [1.82, 2.24) is 10.3 Å². The first kappa shape index (κ1) is 19.1. The number of rotatable bonds is 9. The van der Waals surface area contributed by atoms with Gasteiger partial charge in [0.25, 0.3) is 0 Å². The van der Waals surface area contributed by atoms with Crippen LogP contribution in [-0.2, 0) is 20.8 Å². The Morgan fingerprint density at radius 2 is 2.04 bits per heavy atom. The van der Waals surface area contributed by atoms with E-state index >= 15 is 0 Å². The number of carbonyl (C=O) groups excluding carboxylic acids is 2. The molecule has 0 aliphatic rings. The second-order valence-corrected chi connectivity index (χ2v) is 6.42. The molecule has 3 N–H and O–H groups in total. The average Bonchev–Trinajstić information content (AvgIpc) is 2.89. The van der Waals surface area contributed by atoms with E-state index in [0.29, 0.717) is 17.2 Å². The van der Waals surface area contributed by atoms with Crippen LogP contribution >= 0.6 is 11.3 Å². The fraction of sp³-hybridized carbons (Fsp3) is 0.600. The van der Waals surface area contributed by atoms with E-state index in [-0.39, 0.29) is 24.2 Å². The smallest absolute Gasteiger partial charge is 0.326 e. The molecule has 0 aliphatic heterocycles. The van der Waals surface area contributed by atoms with Gasteiger partial charge in [0, 0.05) is 11.3 Å². The molecule has 0 unspecified atom stereocenters. The van der Waals surface area contributed by atoms with Gasteiger partial charge >= 0.3 is 5.97 Å². The molecule has 0 fully saturated rings. The summed E-state index contributed by atoms with van der Waals surface area (Å²) in [6.45, 7) is 5.52. The molecule has 7 nitrogen and oxygen atoms in total. The summed E-state index contributed by atoms with van der Waals surface area (Å²) in [5.74, 6) is -1.71. The number of carbonyl (C=O) groups is 3. The van der Waals surface area contributed by atoms with Gasteiger partial charge in [-0.05, 0) is 6.42 Å². The highest BCUT2D eigenvalue weighted by Gasteiger charge is 2.20. The number of nitrogens with zero attached hydrogens (tertiary/aromatic N) is 1. The molecule has 1 rings (SSSR count). The molecule has 128 valence electrons. The summed E-state index contributed by atoms with van der Waals surface area (Å²) in [6.07, 6.45) is 2.00. The first-order chi connectivity index (χ1) is 10.8. The van der Waals surface area contributed by atoms with E-state index in [1.165, 1.54) is 11.3 Å². The molecule has 0 spiro atoms. The topological polar surface area (TPSA) is 108 Å². The Morgan fingerprint density at radius 3 is 2.61 bits per heavy atom. The molecule has 0 saturated carbocycles. The van der Waals surface area contributed by atoms with Gasteiger partial charge in [0.1, 0.15) is 6.04 Å². The minimum Gasteiger partial charge on any atom is -0.480 e. The number of amides is 2. The van der Waals surface area contributed by atoms with Gasteiger partial charge in [0.05, 0.1) is 12.1 Å². The van der Waals surface area contributed by atoms with Crippen molar-refractivity contribution in [3.8, 4) is 0 Å². The lowest BCUT2D eigenvalue weighted by Crippen LogP contribution is -2.41. The Balaban J connectivity index is 2.55. The summed E-state index contributed by atoms with van der Waals surface area (Å²) in [4.78, 5) is 38.8. The summed E-state index contributed by atoms with van der Waals surface area (Å²) in [5, 5.41) is 16.4. The molecule has 0 bridgehead atoms. The molecule has 1 atom stereocenters. The number of anilines is 1. The number of thiazole rings is 1. The molecule has 0 aliphatic carbocycles. The van der Waals surface area contributed by atoms with Crippen molar-refractivity contribution in [2.24, 2.45) is 5.92 Å². The Hall–Kier alpha value is -1.96. The van der Waals surface area contributed by atoms with Crippen LogP contribution in [0.4, 0.5) is 5.13 Å². The number of aliphatic carboxylic acids is 1. The monoisotopic (exact) mass is 341 g/mol. The molecule has 8 heteroatoms. The molecular weight excluding hydrogens is 318 g/mol. The van der Waals surface area contributed by atoms with Crippen LogP contribution in [0.25, 0.3) is 0 Å². The Kier molecular flexibility index (Phi) is 7.67. The van der Waals surface area contributed by atoms with Gasteiger partial charge in [0.2, 0.25) is 11.8 Å². The highest BCUT2D eigenvalue weighted by molar-refractivity contribution is 7.13. The minimum absolute atomic E-state index is 0.00997. The number of carboxylic acid groups (broad SMARTS) is 1. The molecule has 1 aromatic rings. The van der Waals surface area contributed by atoms with Crippen LogP contribution in [0.3, 0.4) is 0 Å². The van der Waals surface area contributed by atoms with Crippen LogP contribution in [0, 0.1) is 5.92 Å². The lowest BCUT2D eigenvalue weighted by molar-refractivity contribution is -0.142. The van der Waals surface area contributed by atoms with Crippen LogP contribution in [-0.4, -0.2) is 33.9 Å². The van der Waals surface area contributed by atoms with Crippen molar-refractivity contribution in [1.29, 1.82) is 0 Å². The molecule has 0 radical (unpaired) electrons. The SMILES string of the molecule is CCCC[C@H](NC(=O)Cc1csc(NC(=O)C(C)C)n1)C(=O)O. The molecule has 1 aromatic heterocycles. The van der Waals surface area contributed by atoms with E-state index in [1.54, 1.807) is 19.2 Å². The zero-order valence-corrected chi connectivity index (χ0v) is 14.4. The zero-order chi connectivity index (χ0) is 17.4. The van der Waals surface area contributed by atoms with Crippen molar-refractivity contribution in [3.63, 3.8) is 0 Å². The van der Waals surface area contributed by atoms with Crippen LogP contribution in [0.5, 0.6) is 0 Å². The molecule has 0 aromatic carbocycles. The van der Waals surface area contributed by atoms with Gasteiger partial charge in [0.15, 0.2) is 5.13 Å². The maximum Gasteiger partial charge on any atom is 0.326 e. The second kappa shape index (κ2) is 9.24. The summed E-state index contributed by atoms with van der Waals surface area (Å²) in [6, 6.07) is -0.874. The molecule has 2 amide bonds. The predicted octanol–water partition coefficient (Wildman–Crippen LogP) is 2.04. The van der Waals surface area contributed by atoms with E-state index in [0.717, 1.165) is 12.8 Å². The van der Waals surface area contributed by atoms with Crippen molar-refractivity contribution in [2.45, 2.75) is 52.5 Å². The van der Waals surface area contributed by atoms with Crippen molar-refractivity contribution >= 4 is 34.3 Å². The van der Waals surface area contributed by atoms with Crippen LogP contribution < -0.4 is 10.6 Å². The van der Waals surface area contributed by atoms with Crippen LogP contribution in [0.1, 0.15) is 45.7 Å². The summed E-state index contributed by atoms with van der Waals surface area (Å²) in [5.41, 5.74) is 0.506. The largest absolute Gasteiger partial charge is 0.480 e. The fourth-order valence-corrected chi connectivity index (χ4v) is 2.48. The number of hydrogen-bond donors (Lipinski definition) is 3. The van der Waals surface area contributed by atoms with Crippen molar-refractivity contribution < 1.29 is 19.5 Å². The van der Waals surface area contributed by atoms with Crippen molar-refractivity contribution in [2.75, 3.05) is 5.32 Å². The third-order valence-electron chi connectivity index (χ3n) is 3.13. The van der Waals surface area contributed by atoms with Crippen LogP contribution in [0.2, 0.25) is 0 Å². The van der Waals surface area contributed by atoms with Gasteiger partial charge in [-0.15, -0.1) is 11.3 Å². The maximum atomic E-state index is 11.9. The molecule has 1 heterocycles. The van der Waals surface area contributed by atoms with E-state index in [2.05, 4.69) is 15.6 Å². The Labute approximate surface area is 139 Å². The Morgan fingerprint density at radius 1 is 1.35 bits per heavy atom. The summed E-state index contributed by atoms with van der Waals surface area (Å²) >= 11 is 1.24. The molecule has 23 heavy (non-hydrogen) atoms. The van der Waals surface area contributed by atoms with Crippen molar-refractivity contribution in [3.05, 3.63) is 11.1 Å². The number of nitrogens with one attached hydrogen (secondary N) is 2. The quantitative estimate of drug-likeness (QED) is 0.637. The van der Waals surface area contributed by atoms with Gasteiger partial charge < -0.3 is 15.7 Å². The predicted molar refractivity (Wildman–Crippen MR) is 88.4 cm³/mol. The van der Waals surface area contributed by atoms with E-state index in [1.807, 2.05) is 6.92 Å². The lowest BCUT2D eigenvalue weighted by Gasteiger charge is -2.13. The van der Waals surface area contributed by atoms with E-state index in [4.69, 9.17) is 5.11 Å². The third-order valence-corrected chi connectivity index (χ3v) is 3.93. The van der Waals surface area contributed by atoms with Gasteiger partial charge in [-0.3, -0.25) is 9.59 Å². The summed E-state index contributed by atoms with van der Waals surface area (Å²) in [7, 11) is 0. The number of carboxylic acids is 1. The third kappa shape index (κ3) is 6.77. The Bertz CT molecular complexity index is 557. The zero-order valence-electron chi connectivity index (χ0n) is 13.6.